The highest BCUT2D eigenvalue weighted by Gasteiger charge is 2.10. The second-order valence-corrected chi connectivity index (χ2v) is 5.88. The van der Waals surface area contributed by atoms with Gasteiger partial charge in [-0.15, -0.1) is 11.3 Å². The molecule has 0 saturated carbocycles. The highest BCUT2D eigenvalue weighted by atomic mass is 32.1. The first-order valence-corrected chi connectivity index (χ1v) is 8.15. The van der Waals surface area contributed by atoms with Gasteiger partial charge in [-0.25, -0.2) is 0 Å². The Kier molecular flexibility index (Phi) is 4.96. The second-order valence-electron chi connectivity index (χ2n) is 4.90. The molecule has 1 nitrogen and oxygen atoms in total. The number of hydrogen-bond donors (Lipinski definition) is 0. The Bertz CT molecular complexity index is 688. The molecule has 2 aromatic carbocycles. The van der Waals surface area contributed by atoms with Crippen molar-refractivity contribution in [2.24, 2.45) is 4.99 Å². The van der Waals surface area contributed by atoms with E-state index in [2.05, 4.69) is 72.1 Å². The standard InChI is InChI=1S/C20H17NS/c1-3-9-17(10-4-1)20(18-11-5-2-6-12-18)21-15-7-13-19-14-8-16-22-19/h1-16,20H. The zero-order chi connectivity index (χ0) is 15.0. The molecular weight excluding hydrogens is 286 g/mol. The maximum absolute atomic E-state index is 4.76. The Labute approximate surface area is 135 Å². The van der Waals surface area contributed by atoms with Crippen LogP contribution in [0.4, 0.5) is 0 Å². The minimum atomic E-state index is 0.0374. The molecule has 3 aromatic rings. The lowest BCUT2D eigenvalue weighted by Crippen LogP contribution is -1.97. The molecule has 22 heavy (non-hydrogen) atoms. The monoisotopic (exact) mass is 303 g/mol. The van der Waals surface area contributed by atoms with Crippen molar-refractivity contribution in [3.63, 3.8) is 0 Å². The van der Waals surface area contributed by atoms with Crippen LogP contribution < -0.4 is 0 Å². The van der Waals surface area contributed by atoms with Gasteiger partial charge < -0.3 is 0 Å². The summed E-state index contributed by atoms with van der Waals surface area (Å²) in [4.78, 5) is 5.99. The lowest BCUT2D eigenvalue weighted by Gasteiger charge is -2.12. The molecule has 0 aliphatic rings. The maximum atomic E-state index is 4.76. The smallest absolute Gasteiger partial charge is 0.0999 e. The first kappa shape index (κ1) is 14.5. The first-order valence-electron chi connectivity index (χ1n) is 7.27. The molecule has 0 fully saturated rings. The third-order valence-electron chi connectivity index (χ3n) is 3.36. The molecule has 108 valence electrons. The largest absolute Gasteiger partial charge is 0.280 e. The number of aliphatic imine (C=N–C) groups is 1. The van der Waals surface area contributed by atoms with E-state index in [9.17, 15) is 0 Å². The molecule has 3 rings (SSSR count). The van der Waals surface area contributed by atoms with Crippen molar-refractivity contribution in [2.75, 3.05) is 0 Å². The molecule has 1 heterocycles. The van der Waals surface area contributed by atoms with Crippen LogP contribution in [0.25, 0.3) is 6.08 Å². The highest BCUT2D eigenvalue weighted by Crippen LogP contribution is 2.25. The third-order valence-corrected chi connectivity index (χ3v) is 4.19. The normalized spacial score (nSPS) is 11.7. The van der Waals surface area contributed by atoms with Crippen LogP contribution in [0.3, 0.4) is 0 Å². The number of allylic oxidation sites excluding steroid dienone is 1. The average molecular weight is 303 g/mol. The minimum Gasteiger partial charge on any atom is -0.280 e. The van der Waals surface area contributed by atoms with Gasteiger partial charge in [0.15, 0.2) is 0 Å². The summed E-state index contributed by atoms with van der Waals surface area (Å²) < 4.78 is 0. The zero-order valence-corrected chi connectivity index (χ0v) is 13.0. The molecule has 2 heteroatoms. The number of nitrogens with zero attached hydrogens (tertiary/aromatic N) is 1. The van der Waals surface area contributed by atoms with Gasteiger partial charge in [-0.1, -0.05) is 66.7 Å². The van der Waals surface area contributed by atoms with E-state index in [0.29, 0.717) is 0 Å². The molecule has 0 aliphatic carbocycles. The molecule has 0 bridgehead atoms. The van der Waals surface area contributed by atoms with Gasteiger partial charge >= 0.3 is 0 Å². The van der Waals surface area contributed by atoms with Crippen molar-refractivity contribution < 1.29 is 0 Å². The molecule has 0 saturated heterocycles. The molecule has 0 atom stereocenters. The van der Waals surface area contributed by atoms with Crippen LogP contribution in [-0.2, 0) is 0 Å². The van der Waals surface area contributed by atoms with Gasteiger partial charge in [0.25, 0.3) is 0 Å². The van der Waals surface area contributed by atoms with E-state index in [1.54, 1.807) is 11.3 Å². The maximum Gasteiger partial charge on any atom is 0.0999 e. The van der Waals surface area contributed by atoms with Crippen molar-refractivity contribution in [2.45, 2.75) is 6.04 Å². The predicted molar refractivity (Wildman–Crippen MR) is 96.6 cm³/mol. The molecule has 0 spiro atoms. The van der Waals surface area contributed by atoms with Crippen LogP contribution in [0.5, 0.6) is 0 Å². The molecule has 0 unspecified atom stereocenters. The summed E-state index contributed by atoms with van der Waals surface area (Å²) in [5.41, 5.74) is 2.41. The molecule has 0 aliphatic heterocycles. The zero-order valence-electron chi connectivity index (χ0n) is 12.2. The van der Waals surface area contributed by atoms with Crippen LogP contribution in [0.1, 0.15) is 22.0 Å². The summed E-state index contributed by atoms with van der Waals surface area (Å²) in [6, 6.07) is 25.0. The van der Waals surface area contributed by atoms with E-state index in [0.717, 1.165) is 0 Å². The lowest BCUT2D eigenvalue weighted by molar-refractivity contribution is 0.879. The van der Waals surface area contributed by atoms with Gasteiger partial charge in [-0.3, -0.25) is 4.99 Å². The summed E-state index contributed by atoms with van der Waals surface area (Å²) in [7, 11) is 0. The summed E-state index contributed by atoms with van der Waals surface area (Å²) in [6.45, 7) is 0. The summed E-state index contributed by atoms with van der Waals surface area (Å²) in [5, 5.41) is 2.08. The van der Waals surface area contributed by atoms with Gasteiger partial charge in [0.1, 0.15) is 0 Å². The van der Waals surface area contributed by atoms with Crippen LogP contribution >= 0.6 is 11.3 Å². The van der Waals surface area contributed by atoms with Crippen molar-refractivity contribution >= 4 is 23.6 Å². The van der Waals surface area contributed by atoms with E-state index in [4.69, 9.17) is 4.99 Å². The first-order chi connectivity index (χ1) is 10.9. The Morgan fingerprint density at radius 1 is 0.773 bits per heavy atom. The van der Waals surface area contributed by atoms with Gasteiger partial charge in [0.05, 0.1) is 6.04 Å². The molecule has 0 N–H and O–H groups in total. The van der Waals surface area contributed by atoms with Crippen molar-refractivity contribution in [3.05, 3.63) is 100 Å². The predicted octanol–water partition coefficient (Wildman–Crippen LogP) is 5.62. The number of rotatable bonds is 5. The Morgan fingerprint density at radius 2 is 1.41 bits per heavy atom. The SMILES string of the molecule is C(=Cc1cccs1)C=NC(c1ccccc1)c1ccccc1. The fourth-order valence-electron chi connectivity index (χ4n) is 2.29. The van der Waals surface area contributed by atoms with Gasteiger partial charge in [-0.2, -0.15) is 0 Å². The number of hydrogen-bond acceptors (Lipinski definition) is 2. The Morgan fingerprint density at radius 3 is 1.95 bits per heavy atom. The number of thiophene rings is 1. The fourth-order valence-corrected chi connectivity index (χ4v) is 2.92. The minimum absolute atomic E-state index is 0.0374. The Balaban J connectivity index is 1.83. The van der Waals surface area contributed by atoms with Crippen LogP contribution in [0.15, 0.2) is 89.2 Å². The highest BCUT2D eigenvalue weighted by molar-refractivity contribution is 7.10. The van der Waals surface area contributed by atoms with Crippen molar-refractivity contribution in [1.82, 2.24) is 0 Å². The summed E-state index contributed by atoms with van der Waals surface area (Å²) in [5.74, 6) is 0. The van der Waals surface area contributed by atoms with E-state index < -0.39 is 0 Å². The molecule has 1 aromatic heterocycles. The van der Waals surface area contributed by atoms with E-state index in [1.807, 2.05) is 24.4 Å². The van der Waals surface area contributed by atoms with Crippen molar-refractivity contribution in [3.8, 4) is 0 Å². The quantitative estimate of drug-likeness (QED) is 0.542. The molecular formula is C20H17NS. The average Bonchev–Trinajstić information content (AvgIpc) is 3.10. The lowest BCUT2D eigenvalue weighted by atomic mass is 9.99. The Hall–Kier alpha value is -2.45. The third kappa shape index (κ3) is 3.80. The van der Waals surface area contributed by atoms with Crippen LogP contribution in [0, 0.1) is 0 Å². The van der Waals surface area contributed by atoms with Gasteiger partial charge in [0.2, 0.25) is 0 Å². The molecule has 0 amide bonds. The topological polar surface area (TPSA) is 12.4 Å². The van der Waals surface area contributed by atoms with E-state index in [1.165, 1.54) is 16.0 Å². The van der Waals surface area contributed by atoms with E-state index in [-0.39, 0.29) is 6.04 Å². The fraction of sp³-hybridized carbons (Fsp3) is 0.0500. The van der Waals surface area contributed by atoms with E-state index >= 15 is 0 Å². The van der Waals surface area contributed by atoms with Gasteiger partial charge in [0, 0.05) is 11.1 Å². The van der Waals surface area contributed by atoms with Gasteiger partial charge in [-0.05, 0) is 34.7 Å². The summed E-state index contributed by atoms with van der Waals surface area (Å²) in [6.07, 6.45) is 5.98. The molecule has 0 radical (unpaired) electrons. The van der Waals surface area contributed by atoms with Crippen LogP contribution in [0.2, 0.25) is 0 Å². The summed E-state index contributed by atoms with van der Waals surface area (Å²) >= 11 is 1.73. The van der Waals surface area contributed by atoms with Crippen molar-refractivity contribution in [1.29, 1.82) is 0 Å². The van der Waals surface area contributed by atoms with Crippen LogP contribution in [-0.4, -0.2) is 6.21 Å². The second kappa shape index (κ2) is 7.53. The number of benzene rings is 2.